The van der Waals surface area contributed by atoms with E-state index < -0.39 is 23.8 Å². The lowest BCUT2D eigenvalue weighted by Gasteiger charge is -2.10. The van der Waals surface area contributed by atoms with Crippen molar-refractivity contribution in [2.24, 2.45) is 5.10 Å². The number of hydrogen-bond donors (Lipinski definition) is 2. The van der Waals surface area contributed by atoms with E-state index in [2.05, 4.69) is 15.8 Å². The van der Waals surface area contributed by atoms with Gasteiger partial charge in [-0.1, -0.05) is 24.6 Å². The molecule has 0 fully saturated rings. The van der Waals surface area contributed by atoms with Crippen LogP contribution in [0.15, 0.2) is 46.9 Å². The Hall–Kier alpha value is -3.83. The number of nitrogens with zero attached hydrogens (tertiary/aromatic N) is 1. The third kappa shape index (κ3) is 6.35. The van der Waals surface area contributed by atoms with Crippen molar-refractivity contribution in [3.63, 3.8) is 0 Å². The largest absolute Gasteiger partial charge is 0.462 e. The minimum absolute atomic E-state index is 0.204. The van der Waals surface area contributed by atoms with Gasteiger partial charge < -0.3 is 14.8 Å². The lowest BCUT2D eigenvalue weighted by Crippen LogP contribution is -2.33. The molecule has 1 aliphatic rings. The number of hydrogen-bond acceptors (Lipinski definition) is 9. The molecular formula is C27H27N3O6S2. The highest BCUT2D eigenvalue weighted by Crippen LogP contribution is 2.38. The minimum atomic E-state index is -1.00. The Balaban J connectivity index is 1.47. The van der Waals surface area contributed by atoms with Crippen LogP contribution >= 0.6 is 22.7 Å². The van der Waals surface area contributed by atoms with Crippen LogP contribution in [-0.4, -0.2) is 36.1 Å². The quantitative estimate of drug-likeness (QED) is 0.107. The molecule has 0 aliphatic heterocycles. The normalized spacial score (nSPS) is 13.2. The van der Waals surface area contributed by atoms with Gasteiger partial charge in [0.1, 0.15) is 15.6 Å². The summed E-state index contributed by atoms with van der Waals surface area (Å²) in [6, 6.07) is 10.2. The number of amides is 2. The molecular weight excluding hydrogens is 526 g/mol. The summed E-state index contributed by atoms with van der Waals surface area (Å²) < 4.78 is 10.7. The van der Waals surface area contributed by atoms with Gasteiger partial charge in [0.15, 0.2) is 0 Å². The molecule has 2 heterocycles. The summed E-state index contributed by atoms with van der Waals surface area (Å²) in [5, 5.41) is 8.69. The first-order valence-electron chi connectivity index (χ1n) is 12.2. The summed E-state index contributed by atoms with van der Waals surface area (Å²) in [7, 11) is 0. The van der Waals surface area contributed by atoms with Crippen LogP contribution in [0.4, 0.5) is 5.00 Å². The Morgan fingerprint density at radius 2 is 1.76 bits per heavy atom. The van der Waals surface area contributed by atoms with Crippen molar-refractivity contribution in [3.05, 3.63) is 68.2 Å². The van der Waals surface area contributed by atoms with Gasteiger partial charge in [-0.3, -0.25) is 9.59 Å². The van der Waals surface area contributed by atoms with Crippen LogP contribution in [0.5, 0.6) is 5.75 Å². The molecule has 0 radical (unpaired) electrons. The van der Waals surface area contributed by atoms with Crippen molar-refractivity contribution >= 4 is 57.1 Å². The zero-order valence-electron chi connectivity index (χ0n) is 21.0. The van der Waals surface area contributed by atoms with Crippen molar-refractivity contribution < 1.29 is 28.7 Å². The second kappa shape index (κ2) is 12.6. The number of para-hydroxylation sites is 1. The highest BCUT2D eigenvalue weighted by Gasteiger charge is 2.28. The first-order valence-corrected chi connectivity index (χ1v) is 13.9. The molecule has 0 saturated carbocycles. The molecule has 0 unspecified atom stereocenters. The molecule has 4 rings (SSSR count). The Morgan fingerprint density at radius 3 is 2.53 bits per heavy atom. The SMILES string of the molecule is CCOC(=O)c1c(NC(=O)C(=O)N/N=C(\C)c2ccccc2OC(=O)c2cccs2)sc2c1CCCCC2. The predicted octanol–water partition coefficient (Wildman–Crippen LogP) is 4.95. The van der Waals surface area contributed by atoms with Crippen molar-refractivity contribution in [1.82, 2.24) is 5.43 Å². The van der Waals surface area contributed by atoms with Gasteiger partial charge in [0.25, 0.3) is 0 Å². The van der Waals surface area contributed by atoms with Crippen LogP contribution < -0.4 is 15.5 Å². The number of esters is 2. The molecule has 2 N–H and O–H groups in total. The van der Waals surface area contributed by atoms with E-state index in [4.69, 9.17) is 9.47 Å². The average Bonchev–Trinajstić information content (AvgIpc) is 3.50. The summed E-state index contributed by atoms with van der Waals surface area (Å²) in [6.45, 7) is 3.54. The van der Waals surface area contributed by atoms with Crippen molar-refractivity contribution in [2.45, 2.75) is 46.0 Å². The third-order valence-corrected chi connectivity index (χ3v) is 7.92. The van der Waals surface area contributed by atoms with Gasteiger partial charge in [0.2, 0.25) is 0 Å². The van der Waals surface area contributed by atoms with Gasteiger partial charge in [-0.25, -0.2) is 15.0 Å². The molecule has 2 amide bonds. The fraction of sp³-hybridized carbons (Fsp3) is 0.296. The van der Waals surface area contributed by atoms with Gasteiger partial charge >= 0.3 is 23.8 Å². The lowest BCUT2D eigenvalue weighted by molar-refractivity contribution is -0.136. The number of rotatable bonds is 7. The van der Waals surface area contributed by atoms with Crippen LogP contribution in [0, 0.1) is 0 Å². The summed E-state index contributed by atoms with van der Waals surface area (Å²) in [6.07, 6.45) is 4.56. The van der Waals surface area contributed by atoms with E-state index >= 15 is 0 Å². The Bertz CT molecular complexity index is 1380. The van der Waals surface area contributed by atoms with Crippen LogP contribution in [-0.2, 0) is 27.2 Å². The standard InChI is InChI=1S/C27H27N3O6S2/c1-3-35-27(34)22-18-11-5-4-6-13-20(18)38-25(22)28-23(31)24(32)30-29-16(2)17-10-7-8-12-19(17)36-26(33)21-14-9-15-37-21/h7-10,12,14-15H,3-6,11,13H2,1-2H3,(H,28,31)(H,30,32)/b29-16+. The molecule has 198 valence electrons. The summed E-state index contributed by atoms with van der Waals surface area (Å²) in [5.74, 6) is -2.71. The zero-order chi connectivity index (χ0) is 27.1. The van der Waals surface area contributed by atoms with E-state index in [1.165, 1.54) is 22.7 Å². The molecule has 0 atom stereocenters. The van der Waals surface area contributed by atoms with Crippen molar-refractivity contribution in [3.8, 4) is 5.75 Å². The maximum absolute atomic E-state index is 12.7. The lowest BCUT2D eigenvalue weighted by atomic mass is 10.1. The highest BCUT2D eigenvalue weighted by molar-refractivity contribution is 7.17. The molecule has 9 nitrogen and oxygen atoms in total. The van der Waals surface area contributed by atoms with E-state index in [1.807, 2.05) is 0 Å². The van der Waals surface area contributed by atoms with E-state index in [9.17, 15) is 19.2 Å². The second-order valence-corrected chi connectivity index (χ2v) is 10.5. The van der Waals surface area contributed by atoms with E-state index in [1.54, 1.807) is 55.6 Å². The van der Waals surface area contributed by atoms with Crippen molar-refractivity contribution in [2.75, 3.05) is 11.9 Å². The maximum atomic E-state index is 12.7. The highest BCUT2D eigenvalue weighted by atomic mass is 32.1. The molecule has 11 heteroatoms. The van der Waals surface area contributed by atoms with Crippen LogP contribution in [0.3, 0.4) is 0 Å². The molecule has 3 aromatic rings. The first-order chi connectivity index (χ1) is 18.4. The van der Waals surface area contributed by atoms with Crippen LogP contribution in [0.1, 0.15) is 69.1 Å². The number of anilines is 1. The fourth-order valence-corrected chi connectivity index (χ4v) is 5.93. The Kier molecular flexibility index (Phi) is 9.03. The van der Waals surface area contributed by atoms with Crippen LogP contribution in [0.25, 0.3) is 0 Å². The maximum Gasteiger partial charge on any atom is 0.353 e. The number of carbonyl (C=O) groups excluding carboxylic acids is 4. The molecule has 1 aliphatic carbocycles. The second-order valence-electron chi connectivity index (χ2n) is 8.44. The molecule has 2 aromatic heterocycles. The number of carbonyl (C=O) groups is 4. The molecule has 0 saturated heterocycles. The zero-order valence-corrected chi connectivity index (χ0v) is 22.6. The molecule has 0 bridgehead atoms. The fourth-order valence-electron chi connectivity index (χ4n) is 4.05. The number of thiophene rings is 2. The topological polar surface area (TPSA) is 123 Å². The Labute approximate surface area is 227 Å². The van der Waals surface area contributed by atoms with Gasteiger partial charge in [-0.15, -0.1) is 22.7 Å². The third-order valence-electron chi connectivity index (χ3n) is 5.86. The predicted molar refractivity (Wildman–Crippen MR) is 146 cm³/mol. The minimum Gasteiger partial charge on any atom is -0.462 e. The molecule has 1 aromatic carbocycles. The van der Waals surface area contributed by atoms with E-state index in [-0.39, 0.29) is 12.4 Å². The van der Waals surface area contributed by atoms with Crippen LogP contribution in [0.2, 0.25) is 0 Å². The van der Waals surface area contributed by atoms with Gasteiger partial charge in [0, 0.05) is 10.4 Å². The smallest absolute Gasteiger partial charge is 0.353 e. The van der Waals surface area contributed by atoms with Gasteiger partial charge in [-0.05, 0) is 68.7 Å². The summed E-state index contributed by atoms with van der Waals surface area (Å²) in [4.78, 5) is 51.9. The summed E-state index contributed by atoms with van der Waals surface area (Å²) in [5.41, 5.74) is 4.27. The molecule has 0 spiro atoms. The average molecular weight is 554 g/mol. The number of fused-ring (bicyclic) bond motifs is 1. The first kappa shape index (κ1) is 27.2. The molecule has 38 heavy (non-hydrogen) atoms. The van der Waals surface area contributed by atoms with Crippen molar-refractivity contribution in [1.29, 1.82) is 0 Å². The number of benzene rings is 1. The number of ether oxygens (including phenoxy) is 2. The number of nitrogens with one attached hydrogen (secondary N) is 2. The van der Waals surface area contributed by atoms with E-state index in [0.29, 0.717) is 26.7 Å². The number of aryl methyl sites for hydroxylation is 1. The Morgan fingerprint density at radius 1 is 0.974 bits per heavy atom. The summed E-state index contributed by atoms with van der Waals surface area (Å²) >= 11 is 2.57. The van der Waals surface area contributed by atoms with Gasteiger partial charge in [0.05, 0.1) is 17.9 Å². The van der Waals surface area contributed by atoms with Gasteiger partial charge in [-0.2, -0.15) is 5.10 Å². The monoisotopic (exact) mass is 553 g/mol. The number of hydrazone groups is 1. The van der Waals surface area contributed by atoms with E-state index in [0.717, 1.165) is 42.5 Å².